The van der Waals surface area contributed by atoms with Crippen molar-refractivity contribution in [3.8, 4) is 0 Å². The van der Waals surface area contributed by atoms with E-state index in [-0.39, 0.29) is 0 Å². The van der Waals surface area contributed by atoms with Crippen LogP contribution in [0.15, 0.2) is 0 Å². The number of amides is 1. The van der Waals surface area contributed by atoms with E-state index in [1.54, 1.807) is 0 Å². The molecule has 60 atom stereocenters. The number of nitrogens with one attached hydrogen (secondary N) is 1. The van der Waals surface area contributed by atoms with Gasteiger partial charge in [-0.05, 0) is 0 Å². The van der Waals surface area contributed by atoms with Gasteiger partial charge in [0.05, 0.1) is 79.3 Å². The first-order chi connectivity index (χ1) is 64.4. The highest BCUT2D eigenvalue weighted by Gasteiger charge is 2.63. The SMILES string of the molecule is CC(=O)N[C@H]1C(O)O[C@H](CO)[C@@H](O[C@@H]2O[C@H](CO[C@H]3O[C@H](CO[C@H]4O[C@H](CO)[C@@H](O)[C@H](O)[C@@H]4O[C@H]4O[C@H](CO)[C@@H](O)[C@H](O)[C@@H]4O)[C@@H](O)[C@H](O[C@H]4O[C@H](CO)[C@@H](O)[C@H](O)[C@@H]4O)[C@@H]3O)[C@@H](O)[C@H](O[C@H]3O[C@H](CO[C@H]4O[C@H](CO[C@H]5O[C@H](CO)[C@@H](O)[C@H](O)[C@@H]5O[C@H]5O[C@H](CO)[C@@H](O)[C@H](O)[C@@H]5O)[C@@H](O)[C@H](O)[C@@H]4O)[C@@H](O)[C@H](O)[C@@H]3O[C@H]3O[C@H](CO)[C@@H](O)[C@H](O)[C@@H]3O[C@H]3O[C@H](CO)[C@@H](O)[C@H](O)[C@@H]3O)[C@@H]2O)[C@@H]1O. The molecular weight excluding hydrogens is 1880 g/mol. The normalized spacial score (nSPS) is 52.8. The fourth-order valence-corrected chi connectivity index (χ4v) is 17.3. The summed E-state index contributed by atoms with van der Waals surface area (Å²) >= 11 is 0. The molecule has 62 nitrogen and oxygen atoms in total. The largest absolute Gasteiger partial charge is 0.394 e. The average molecular weight is 2000 g/mol. The third-order valence-electron chi connectivity index (χ3n) is 25.4. The summed E-state index contributed by atoms with van der Waals surface area (Å²) in [6.07, 6.45) is -131. The Balaban J connectivity index is 0.875. The van der Waals surface area contributed by atoms with Crippen LogP contribution in [0.1, 0.15) is 6.92 Å². The molecule has 12 heterocycles. The second-order valence-electron chi connectivity index (χ2n) is 34.5. The van der Waals surface area contributed by atoms with E-state index in [0.717, 1.165) is 6.92 Å². The lowest BCUT2D eigenvalue weighted by molar-refractivity contribution is -0.409. The van der Waals surface area contributed by atoms with Crippen LogP contribution < -0.4 is 5.32 Å². The topological polar surface area (TPSA) is 990 Å². The number of ether oxygens (including phenoxy) is 23. The van der Waals surface area contributed by atoms with Gasteiger partial charge in [0, 0.05) is 6.92 Å². The van der Waals surface area contributed by atoms with Crippen molar-refractivity contribution in [2.24, 2.45) is 0 Å². The Bertz CT molecular complexity index is 3590. The van der Waals surface area contributed by atoms with Crippen molar-refractivity contribution in [3.63, 3.8) is 0 Å². The average Bonchev–Trinajstić information content (AvgIpc) is 0.776. The van der Waals surface area contributed by atoms with E-state index in [1.807, 2.05) is 0 Å². The van der Waals surface area contributed by atoms with Crippen LogP contribution in [0.5, 0.6) is 0 Å². The maximum absolute atomic E-state index is 12.9. The van der Waals surface area contributed by atoms with Crippen LogP contribution in [0.25, 0.3) is 0 Å². The summed E-state index contributed by atoms with van der Waals surface area (Å²) in [5.41, 5.74) is 0. The van der Waals surface area contributed by atoms with Gasteiger partial charge in [0.1, 0.15) is 293 Å². The van der Waals surface area contributed by atoms with Crippen molar-refractivity contribution in [2.45, 2.75) is 375 Å². The van der Waals surface area contributed by atoms with Crippen molar-refractivity contribution in [3.05, 3.63) is 0 Å². The van der Waals surface area contributed by atoms with E-state index < -0.39 is 454 Å². The van der Waals surface area contributed by atoms with Gasteiger partial charge in [0.25, 0.3) is 0 Å². The number of hydrogen-bond donors (Lipinski definition) is 38. The highest BCUT2D eigenvalue weighted by Crippen LogP contribution is 2.42. The predicted molar refractivity (Wildman–Crippen MR) is 407 cm³/mol. The lowest BCUT2D eigenvalue weighted by atomic mass is 9.94. The number of hydrogen-bond acceptors (Lipinski definition) is 61. The quantitative estimate of drug-likeness (QED) is 0.0280. The molecule has 0 aliphatic carbocycles. The molecule has 12 rings (SSSR count). The summed E-state index contributed by atoms with van der Waals surface area (Å²) in [5.74, 6) is -0.933. The molecule has 0 aromatic carbocycles. The molecule has 0 spiro atoms. The second-order valence-corrected chi connectivity index (χ2v) is 34.5. The molecule has 1 amide bonds. The highest BCUT2D eigenvalue weighted by molar-refractivity contribution is 5.73. The fourth-order valence-electron chi connectivity index (χ4n) is 17.3. The molecule has 0 bridgehead atoms. The molecule has 12 fully saturated rings. The van der Waals surface area contributed by atoms with E-state index >= 15 is 0 Å². The van der Waals surface area contributed by atoms with Crippen LogP contribution in [-0.2, 0) is 114 Å². The van der Waals surface area contributed by atoms with Crippen LogP contribution in [0.3, 0.4) is 0 Å². The zero-order valence-electron chi connectivity index (χ0n) is 71.5. The number of rotatable bonds is 35. The zero-order valence-corrected chi connectivity index (χ0v) is 71.5. The maximum Gasteiger partial charge on any atom is 0.217 e. The van der Waals surface area contributed by atoms with E-state index in [1.165, 1.54) is 0 Å². The Morgan fingerprint density at radius 3 is 0.713 bits per heavy atom. The summed E-state index contributed by atoms with van der Waals surface area (Å²) < 4.78 is 134. The van der Waals surface area contributed by atoms with Crippen LogP contribution in [0, 0.1) is 0 Å². The molecule has 0 aromatic rings. The molecule has 12 aliphatic heterocycles. The van der Waals surface area contributed by atoms with Gasteiger partial charge in [0.2, 0.25) is 5.91 Å². The van der Waals surface area contributed by atoms with Crippen molar-refractivity contribution in [1.82, 2.24) is 5.32 Å². The summed E-state index contributed by atoms with van der Waals surface area (Å²) in [5, 5.41) is 413. The van der Waals surface area contributed by atoms with Crippen LogP contribution in [-0.4, -0.2) is 643 Å². The number of aliphatic hydroxyl groups excluding tert-OH is 37. The first-order valence-electron chi connectivity index (χ1n) is 43.2. The second kappa shape index (κ2) is 48.6. The molecule has 0 saturated carbocycles. The number of carbonyl (C=O) groups is 1. The number of carbonyl (C=O) groups excluding carboxylic acids is 1. The standard InChI is InChI=1S/C74H125NO61/c1-14(84)75-27-39(96)56(22(9-83)118-63(27)113)130-70-55(112)58(38(95)26(128-70)12-115-65-54(111)57(131-66-50(107)40(97)28(85)15(2-76)119-66)37(94)25(127-65)13-117-72-60(46(103)33(90)20(7-81)124-72)134-68-52(109)42(99)30(87)17(4-78)121-68)132-74-62(136-73-61(47(104)34(91)21(8-82)125-73)135-69-53(110)43(100)31(88)18(5-79)122-69)48(105)36(93)24(129-74)10-114-64-49(106)44(101)35(92)23(126-64)11-116-71-59(45(102)32(89)19(6-80)123-71)133-67-51(108)41(98)29(86)16(3-77)120-67/h15-74,76-83,85-113H,2-13H2,1H3,(H,75,84)/t15-,16-,17-,18-,19-,20-,21-,22-,23-,24-,25-,26-,27-,28-,29-,30-,31-,32-,33-,34-,35-,36-,37-,38-,39-,40+,41+,42+,43+,44+,45+,46+,47+,48+,49+,50+,51+,52+,53+,54+,55+,56-,57+,58+,59+,60+,61+,62+,63?,64+,65+,66-,67-,68-,69-,70+,71+,72+,73-,74-/m1/s1. The first-order valence-corrected chi connectivity index (χ1v) is 43.2. The molecule has 792 valence electrons. The molecule has 0 aromatic heterocycles. The number of aliphatic hydroxyl groups is 37. The van der Waals surface area contributed by atoms with Crippen LogP contribution in [0.4, 0.5) is 0 Å². The smallest absolute Gasteiger partial charge is 0.217 e. The Labute approximate surface area is 766 Å². The summed E-state index contributed by atoms with van der Waals surface area (Å²) in [6, 6.07) is -1.89. The Hall–Kier alpha value is -2.93. The van der Waals surface area contributed by atoms with Gasteiger partial charge in [-0.2, -0.15) is 0 Å². The minimum Gasteiger partial charge on any atom is -0.394 e. The Morgan fingerprint density at radius 2 is 0.390 bits per heavy atom. The van der Waals surface area contributed by atoms with E-state index in [2.05, 4.69) is 5.32 Å². The minimum absolute atomic E-state index is 0.926. The molecule has 12 saturated heterocycles. The van der Waals surface area contributed by atoms with Crippen LogP contribution in [0.2, 0.25) is 0 Å². The summed E-state index contributed by atoms with van der Waals surface area (Å²) in [7, 11) is 0. The van der Waals surface area contributed by atoms with E-state index in [9.17, 15) is 194 Å². The Morgan fingerprint density at radius 1 is 0.191 bits per heavy atom. The molecule has 0 radical (unpaired) electrons. The van der Waals surface area contributed by atoms with Crippen LogP contribution >= 0.6 is 0 Å². The lowest BCUT2D eigenvalue weighted by Crippen LogP contribution is -2.69. The molecule has 136 heavy (non-hydrogen) atoms. The summed E-state index contributed by atoms with van der Waals surface area (Å²) in [4.78, 5) is 12.5. The molecule has 1 unspecified atom stereocenters. The van der Waals surface area contributed by atoms with Gasteiger partial charge in [0.15, 0.2) is 75.5 Å². The van der Waals surface area contributed by atoms with Gasteiger partial charge in [-0.1, -0.05) is 0 Å². The van der Waals surface area contributed by atoms with Crippen molar-refractivity contribution in [2.75, 3.05) is 79.3 Å². The van der Waals surface area contributed by atoms with Gasteiger partial charge in [-0.25, -0.2) is 0 Å². The molecule has 12 aliphatic rings. The minimum atomic E-state index is -2.73. The monoisotopic (exact) mass is 2000 g/mol. The molecule has 62 heteroatoms. The van der Waals surface area contributed by atoms with Gasteiger partial charge >= 0.3 is 0 Å². The van der Waals surface area contributed by atoms with Crippen molar-refractivity contribution < 1.29 is 303 Å². The van der Waals surface area contributed by atoms with E-state index in [0.29, 0.717) is 0 Å². The Kier molecular flexibility index (Phi) is 40.0. The predicted octanol–water partition coefficient (Wildman–Crippen LogP) is -27.0. The first kappa shape index (κ1) is 112. The molecule has 38 N–H and O–H groups in total. The third-order valence-corrected chi connectivity index (χ3v) is 25.4. The third kappa shape index (κ3) is 23.8. The maximum atomic E-state index is 12.9. The van der Waals surface area contributed by atoms with Gasteiger partial charge < -0.3 is 303 Å². The van der Waals surface area contributed by atoms with Gasteiger partial charge in [-0.15, -0.1) is 0 Å². The van der Waals surface area contributed by atoms with Gasteiger partial charge in [-0.3, -0.25) is 4.79 Å². The zero-order chi connectivity index (χ0) is 99.7. The highest BCUT2D eigenvalue weighted by atomic mass is 16.8. The molecular formula is C74H125NO61. The summed E-state index contributed by atoms with van der Waals surface area (Å²) in [6.45, 7) is -12.8. The van der Waals surface area contributed by atoms with Crippen molar-refractivity contribution >= 4 is 5.91 Å². The van der Waals surface area contributed by atoms with E-state index in [4.69, 9.17) is 109 Å². The van der Waals surface area contributed by atoms with Crippen molar-refractivity contribution in [1.29, 1.82) is 0 Å². The lowest BCUT2D eigenvalue weighted by Gasteiger charge is -2.50. The fraction of sp³-hybridized carbons (Fsp3) is 0.986.